The van der Waals surface area contributed by atoms with Crippen molar-refractivity contribution >= 4 is 22.8 Å². The number of carboxylic acids is 1. The number of aryl methyl sites for hydroxylation is 1. The van der Waals surface area contributed by atoms with Gasteiger partial charge in [-0.05, 0) is 18.1 Å². The van der Waals surface area contributed by atoms with Crippen LogP contribution in [0.4, 0.5) is 0 Å². The van der Waals surface area contributed by atoms with Gasteiger partial charge in [-0.3, -0.25) is 9.59 Å². The number of fused-ring (bicyclic) bond motifs is 1. The average Bonchev–Trinajstić information content (AvgIpc) is 2.75. The number of rotatable bonds is 5. The summed E-state index contributed by atoms with van der Waals surface area (Å²) >= 11 is 0. The van der Waals surface area contributed by atoms with E-state index in [1.165, 1.54) is 7.11 Å². The Balaban J connectivity index is 2.29. The Kier molecular flexibility index (Phi) is 4.08. The van der Waals surface area contributed by atoms with Crippen LogP contribution in [0.15, 0.2) is 30.5 Å². The summed E-state index contributed by atoms with van der Waals surface area (Å²) in [4.78, 5) is 22.6. The molecule has 106 valence electrons. The molecule has 0 aliphatic rings. The number of aliphatic carboxylic acids is 1. The molecule has 1 aromatic heterocycles. The molecule has 5 heteroatoms. The third-order valence-corrected chi connectivity index (χ3v) is 3.44. The van der Waals surface area contributed by atoms with Gasteiger partial charge in [0.15, 0.2) is 0 Å². The lowest BCUT2D eigenvalue weighted by Gasteiger charge is -2.10. The summed E-state index contributed by atoms with van der Waals surface area (Å²) in [7, 11) is 3.18. The van der Waals surface area contributed by atoms with Crippen LogP contribution in [-0.2, 0) is 27.8 Å². The van der Waals surface area contributed by atoms with Crippen molar-refractivity contribution in [2.45, 2.75) is 12.8 Å². The Morgan fingerprint density at radius 2 is 2.05 bits per heavy atom. The van der Waals surface area contributed by atoms with E-state index in [2.05, 4.69) is 4.74 Å². The molecule has 0 bridgehead atoms. The van der Waals surface area contributed by atoms with Gasteiger partial charge in [0, 0.05) is 24.1 Å². The molecule has 5 nitrogen and oxygen atoms in total. The molecule has 1 heterocycles. The summed E-state index contributed by atoms with van der Waals surface area (Å²) in [6.45, 7) is 0. The van der Waals surface area contributed by atoms with E-state index in [9.17, 15) is 14.7 Å². The molecule has 0 fully saturated rings. The van der Waals surface area contributed by atoms with E-state index in [-0.39, 0.29) is 6.42 Å². The number of ether oxygens (including phenoxy) is 1. The van der Waals surface area contributed by atoms with Crippen LogP contribution >= 0.6 is 0 Å². The lowest BCUT2D eigenvalue weighted by Crippen LogP contribution is -2.21. The van der Waals surface area contributed by atoms with Crippen LogP contribution in [0.3, 0.4) is 0 Å². The Hall–Kier alpha value is -2.30. The zero-order valence-corrected chi connectivity index (χ0v) is 11.5. The summed E-state index contributed by atoms with van der Waals surface area (Å²) in [5.41, 5.74) is 1.98. The zero-order valence-electron chi connectivity index (χ0n) is 11.5. The smallest absolute Gasteiger partial charge is 0.307 e. The SMILES string of the molecule is COC(=O)C[C@H](Cc1cn(C)c2ccccc12)C(=O)O. The van der Waals surface area contributed by atoms with Gasteiger partial charge >= 0.3 is 11.9 Å². The van der Waals surface area contributed by atoms with E-state index < -0.39 is 17.9 Å². The minimum Gasteiger partial charge on any atom is -0.481 e. The van der Waals surface area contributed by atoms with Crippen LogP contribution in [-0.4, -0.2) is 28.7 Å². The number of hydrogen-bond acceptors (Lipinski definition) is 3. The Morgan fingerprint density at radius 3 is 2.70 bits per heavy atom. The van der Waals surface area contributed by atoms with E-state index in [0.717, 1.165) is 16.5 Å². The van der Waals surface area contributed by atoms with Gasteiger partial charge in [0.05, 0.1) is 19.4 Å². The third kappa shape index (κ3) is 2.82. The molecule has 20 heavy (non-hydrogen) atoms. The minimum absolute atomic E-state index is 0.116. The van der Waals surface area contributed by atoms with Crippen LogP contribution in [0.2, 0.25) is 0 Å². The molecule has 1 aromatic carbocycles. The highest BCUT2D eigenvalue weighted by molar-refractivity contribution is 5.85. The predicted octanol–water partition coefficient (Wildman–Crippen LogP) is 1.98. The number of esters is 1. The van der Waals surface area contributed by atoms with Crippen molar-refractivity contribution in [2.24, 2.45) is 13.0 Å². The van der Waals surface area contributed by atoms with E-state index >= 15 is 0 Å². The monoisotopic (exact) mass is 275 g/mol. The van der Waals surface area contributed by atoms with Gasteiger partial charge in [-0.2, -0.15) is 0 Å². The molecule has 2 rings (SSSR count). The molecule has 0 radical (unpaired) electrons. The van der Waals surface area contributed by atoms with Crippen molar-refractivity contribution in [1.82, 2.24) is 4.57 Å². The first-order valence-corrected chi connectivity index (χ1v) is 6.35. The first kappa shape index (κ1) is 14.1. The van der Waals surface area contributed by atoms with Crippen molar-refractivity contribution in [3.8, 4) is 0 Å². The second kappa shape index (κ2) is 5.77. The van der Waals surface area contributed by atoms with Gasteiger partial charge in [0.25, 0.3) is 0 Å². The summed E-state index contributed by atoms with van der Waals surface area (Å²) < 4.78 is 6.51. The highest BCUT2D eigenvalue weighted by Gasteiger charge is 2.23. The van der Waals surface area contributed by atoms with Crippen molar-refractivity contribution in [3.05, 3.63) is 36.0 Å². The third-order valence-electron chi connectivity index (χ3n) is 3.44. The average molecular weight is 275 g/mol. The lowest BCUT2D eigenvalue weighted by molar-refractivity contribution is -0.149. The van der Waals surface area contributed by atoms with Gasteiger partial charge < -0.3 is 14.4 Å². The number of para-hydroxylation sites is 1. The Labute approximate surface area is 116 Å². The maximum Gasteiger partial charge on any atom is 0.307 e. The first-order valence-electron chi connectivity index (χ1n) is 6.35. The second-order valence-corrected chi connectivity index (χ2v) is 4.80. The Morgan fingerprint density at radius 1 is 1.35 bits per heavy atom. The van der Waals surface area contributed by atoms with Gasteiger partial charge in [-0.25, -0.2) is 0 Å². The molecular formula is C15H17NO4. The molecule has 1 atom stereocenters. The fourth-order valence-electron chi connectivity index (χ4n) is 2.39. The second-order valence-electron chi connectivity index (χ2n) is 4.80. The van der Waals surface area contributed by atoms with E-state index in [1.54, 1.807) is 0 Å². The van der Waals surface area contributed by atoms with Crippen molar-refractivity contribution in [2.75, 3.05) is 7.11 Å². The number of hydrogen-bond donors (Lipinski definition) is 1. The molecule has 2 aromatic rings. The van der Waals surface area contributed by atoms with Crippen LogP contribution in [0, 0.1) is 5.92 Å². The first-order chi connectivity index (χ1) is 9.52. The number of carbonyl (C=O) groups is 2. The van der Waals surface area contributed by atoms with Gasteiger partial charge in [0.1, 0.15) is 0 Å². The Bertz CT molecular complexity index is 644. The fourth-order valence-corrected chi connectivity index (χ4v) is 2.39. The lowest BCUT2D eigenvalue weighted by atomic mass is 9.96. The van der Waals surface area contributed by atoms with Crippen molar-refractivity contribution < 1.29 is 19.4 Å². The van der Waals surface area contributed by atoms with E-state index in [4.69, 9.17) is 0 Å². The number of carboxylic acid groups (broad SMARTS) is 1. The number of carbonyl (C=O) groups excluding carboxylic acids is 1. The number of methoxy groups -OCH3 is 1. The molecule has 0 saturated carbocycles. The molecule has 0 aliphatic heterocycles. The highest BCUT2D eigenvalue weighted by Crippen LogP contribution is 2.24. The molecule has 0 unspecified atom stereocenters. The minimum atomic E-state index is -0.983. The van der Waals surface area contributed by atoms with Crippen LogP contribution in [0.1, 0.15) is 12.0 Å². The number of aromatic nitrogens is 1. The van der Waals surface area contributed by atoms with E-state index in [0.29, 0.717) is 6.42 Å². The molecule has 0 amide bonds. The van der Waals surface area contributed by atoms with Crippen LogP contribution < -0.4 is 0 Å². The summed E-state index contributed by atoms with van der Waals surface area (Å²) in [6.07, 6.45) is 2.11. The zero-order chi connectivity index (χ0) is 14.7. The quantitative estimate of drug-likeness (QED) is 0.847. The molecule has 0 saturated heterocycles. The van der Waals surface area contributed by atoms with Gasteiger partial charge in [0.2, 0.25) is 0 Å². The summed E-state index contributed by atoms with van der Waals surface area (Å²) in [6, 6.07) is 7.80. The maximum atomic E-state index is 11.3. The number of benzene rings is 1. The molecule has 1 N–H and O–H groups in total. The summed E-state index contributed by atoms with van der Waals surface area (Å²) in [5, 5.41) is 10.3. The maximum absolute atomic E-state index is 11.3. The fraction of sp³-hybridized carbons (Fsp3) is 0.333. The van der Waals surface area contributed by atoms with Crippen LogP contribution in [0.25, 0.3) is 10.9 Å². The van der Waals surface area contributed by atoms with E-state index in [1.807, 2.05) is 42.1 Å². The molecule has 0 aliphatic carbocycles. The van der Waals surface area contributed by atoms with Gasteiger partial charge in [-0.15, -0.1) is 0 Å². The normalized spacial score (nSPS) is 12.3. The number of nitrogens with zero attached hydrogens (tertiary/aromatic N) is 1. The topological polar surface area (TPSA) is 68.5 Å². The predicted molar refractivity (Wildman–Crippen MR) is 74.4 cm³/mol. The summed E-state index contributed by atoms with van der Waals surface area (Å²) in [5.74, 6) is -2.26. The van der Waals surface area contributed by atoms with Crippen molar-refractivity contribution in [1.29, 1.82) is 0 Å². The van der Waals surface area contributed by atoms with Crippen LogP contribution in [0.5, 0.6) is 0 Å². The molecule has 0 spiro atoms. The van der Waals surface area contributed by atoms with Gasteiger partial charge in [-0.1, -0.05) is 18.2 Å². The standard InChI is InChI=1S/C15H17NO4/c1-16-9-11(12-5-3-4-6-13(12)16)7-10(15(18)19)8-14(17)20-2/h3-6,9-10H,7-8H2,1-2H3,(H,18,19)/t10-/m0/s1. The molecular weight excluding hydrogens is 258 g/mol. The van der Waals surface area contributed by atoms with Crippen molar-refractivity contribution in [3.63, 3.8) is 0 Å². The highest BCUT2D eigenvalue weighted by atomic mass is 16.5. The largest absolute Gasteiger partial charge is 0.481 e.